The smallest absolute Gasteiger partial charge is 0.281 e. The van der Waals surface area contributed by atoms with Gasteiger partial charge in [0.25, 0.3) is 5.91 Å². The molecule has 1 aliphatic heterocycles. The first kappa shape index (κ1) is 20.2. The average Bonchev–Trinajstić information content (AvgIpc) is 3.26. The van der Waals surface area contributed by atoms with Gasteiger partial charge in [-0.3, -0.25) is 18.8 Å². The minimum absolute atomic E-state index is 0.0995. The molecule has 0 saturated carbocycles. The van der Waals surface area contributed by atoms with E-state index in [1.807, 2.05) is 6.20 Å². The summed E-state index contributed by atoms with van der Waals surface area (Å²) in [5, 5.41) is 0. The van der Waals surface area contributed by atoms with E-state index in [0.29, 0.717) is 5.69 Å². The maximum atomic E-state index is 12.5. The Morgan fingerprint density at radius 3 is 2.82 bits per heavy atom. The van der Waals surface area contributed by atoms with Crippen LogP contribution in [0.4, 0.5) is 0 Å². The average molecular weight is 423 g/mol. The van der Waals surface area contributed by atoms with Gasteiger partial charge in [0.15, 0.2) is 4.96 Å². The van der Waals surface area contributed by atoms with Crippen LogP contribution >= 0.6 is 23.3 Å². The van der Waals surface area contributed by atoms with Gasteiger partial charge in [-0.25, -0.2) is 4.98 Å². The summed E-state index contributed by atoms with van der Waals surface area (Å²) >= 11 is 3.21. The Balaban J connectivity index is 1.32. The number of rotatable bonds is 6. The second kappa shape index (κ2) is 7.63. The summed E-state index contributed by atoms with van der Waals surface area (Å²) in [6.07, 6.45) is 3.98. The van der Waals surface area contributed by atoms with Crippen molar-refractivity contribution >= 4 is 34.2 Å². The van der Waals surface area contributed by atoms with Crippen LogP contribution in [0.15, 0.2) is 6.20 Å². The highest BCUT2D eigenvalue weighted by atomic mass is 32.2. The summed E-state index contributed by atoms with van der Waals surface area (Å²) in [4.78, 5) is 21.8. The molecule has 0 bridgehead atoms. The molecule has 28 heavy (non-hydrogen) atoms. The van der Waals surface area contributed by atoms with Crippen LogP contribution in [-0.4, -0.2) is 58.8 Å². The Labute approximate surface area is 175 Å². The predicted molar refractivity (Wildman–Crippen MR) is 115 cm³/mol. The molecule has 1 N–H and O–H groups in total. The maximum Gasteiger partial charge on any atom is 0.281 e. The van der Waals surface area contributed by atoms with Crippen molar-refractivity contribution in [3.05, 3.63) is 22.5 Å². The van der Waals surface area contributed by atoms with Gasteiger partial charge < -0.3 is 4.74 Å². The number of amides is 1. The van der Waals surface area contributed by atoms with Gasteiger partial charge in [-0.1, -0.05) is 39.6 Å². The Kier molecular flexibility index (Phi) is 5.50. The number of nitrogens with zero attached hydrogens (tertiary/aromatic N) is 3. The Bertz CT molecular complexity index is 865. The van der Waals surface area contributed by atoms with E-state index < -0.39 is 0 Å². The number of aromatic nitrogens is 2. The summed E-state index contributed by atoms with van der Waals surface area (Å²) in [6, 6.07) is 0. The van der Waals surface area contributed by atoms with Crippen LogP contribution in [-0.2, 0) is 16.6 Å². The van der Waals surface area contributed by atoms with E-state index in [1.165, 1.54) is 22.5 Å². The molecule has 4 rings (SSSR count). The number of ether oxygens (including phenoxy) is 1. The van der Waals surface area contributed by atoms with Crippen molar-refractivity contribution < 1.29 is 9.53 Å². The van der Waals surface area contributed by atoms with Crippen molar-refractivity contribution in [1.29, 1.82) is 0 Å². The van der Waals surface area contributed by atoms with E-state index in [-0.39, 0.29) is 16.7 Å². The van der Waals surface area contributed by atoms with E-state index in [0.717, 1.165) is 56.4 Å². The summed E-state index contributed by atoms with van der Waals surface area (Å²) in [5.74, 6) is 0.806. The lowest BCUT2D eigenvalue weighted by Crippen LogP contribution is -2.37. The van der Waals surface area contributed by atoms with Gasteiger partial charge in [0.05, 0.1) is 13.2 Å². The van der Waals surface area contributed by atoms with Crippen LogP contribution in [0.1, 0.15) is 55.2 Å². The van der Waals surface area contributed by atoms with Crippen molar-refractivity contribution in [1.82, 2.24) is 19.0 Å². The highest BCUT2D eigenvalue weighted by Gasteiger charge is 2.48. The molecule has 0 radical (unpaired) electrons. The van der Waals surface area contributed by atoms with Gasteiger partial charge in [-0.15, -0.1) is 11.3 Å². The highest BCUT2D eigenvalue weighted by molar-refractivity contribution is 7.97. The lowest BCUT2D eigenvalue weighted by atomic mass is 9.71. The fourth-order valence-corrected chi connectivity index (χ4v) is 5.97. The van der Waals surface area contributed by atoms with Crippen LogP contribution < -0.4 is 4.72 Å². The van der Waals surface area contributed by atoms with E-state index in [9.17, 15) is 4.79 Å². The monoisotopic (exact) mass is 422 g/mol. The number of morpholine rings is 1. The molecule has 2 aromatic heterocycles. The number of carbonyl (C=O) groups excluding carboxylic acids is 1. The van der Waals surface area contributed by atoms with Crippen molar-refractivity contribution in [2.45, 2.75) is 46.0 Å². The number of imidazole rings is 1. The molecule has 2 aliphatic rings. The third-order valence-corrected chi connectivity index (χ3v) is 8.75. The highest BCUT2D eigenvalue weighted by Crippen LogP contribution is 2.53. The second-order valence-electron chi connectivity index (χ2n) is 8.93. The van der Waals surface area contributed by atoms with E-state index in [1.54, 1.807) is 11.3 Å². The molecule has 3 heterocycles. The molecule has 0 unspecified atom stereocenters. The lowest BCUT2D eigenvalue weighted by molar-refractivity contribution is 0.0381. The van der Waals surface area contributed by atoms with Crippen molar-refractivity contribution in [3.63, 3.8) is 0 Å². The van der Waals surface area contributed by atoms with E-state index >= 15 is 0 Å². The summed E-state index contributed by atoms with van der Waals surface area (Å²) < 4.78 is 10.4. The standard InChI is InChI=1S/C20H30N4O2S2/c1-19(2)12-15-16(20(19,3)4)28-18-21-14(13-24(15)18)17(25)22-27-11-5-6-23-7-9-26-10-8-23/h13H,5-12H2,1-4H3,(H,22,25). The van der Waals surface area contributed by atoms with Crippen LogP contribution in [0.5, 0.6) is 0 Å². The Morgan fingerprint density at radius 1 is 1.32 bits per heavy atom. The first-order chi connectivity index (χ1) is 13.3. The number of hydrogen-bond acceptors (Lipinski definition) is 6. The van der Waals surface area contributed by atoms with Crippen molar-refractivity contribution in [3.8, 4) is 0 Å². The van der Waals surface area contributed by atoms with Gasteiger partial charge in [-0.05, 0) is 24.8 Å². The van der Waals surface area contributed by atoms with E-state index in [4.69, 9.17) is 4.74 Å². The number of fused-ring (bicyclic) bond motifs is 3. The number of hydrogen-bond donors (Lipinski definition) is 1. The molecule has 0 spiro atoms. The maximum absolute atomic E-state index is 12.5. The minimum atomic E-state index is -0.0995. The number of thiazole rings is 1. The Morgan fingerprint density at radius 2 is 2.07 bits per heavy atom. The molecule has 1 aliphatic carbocycles. The first-order valence-electron chi connectivity index (χ1n) is 10.0. The molecular weight excluding hydrogens is 392 g/mol. The molecule has 0 aromatic carbocycles. The van der Waals surface area contributed by atoms with Crippen LogP contribution in [0.25, 0.3) is 4.96 Å². The second-order valence-corrected chi connectivity index (χ2v) is 10.8. The molecule has 6 nitrogen and oxygen atoms in total. The van der Waals surface area contributed by atoms with Gasteiger partial charge >= 0.3 is 0 Å². The van der Waals surface area contributed by atoms with Crippen LogP contribution in [0.2, 0.25) is 0 Å². The molecule has 8 heteroatoms. The third-order valence-electron chi connectivity index (χ3n) is 6.51. The quantitative estimate of drug-likeness (QED) is 0.571. The molecule has 1 saturated heterocycles. The number of carbonyl (C=O) groups is 1. The molecular formula is C20H30N4O2S2. The third kappa shape index (κ3) is 3.60. The van der Waals surface area contributed by atoms with Crippen molar-refractivity contribution in [2.75, 3.05) is 38.6 Å². The topological polar surface area (TPSA) is 58.9 Å². The molecule has 1 amide bonds. The summed E-state index contributed by atoms with van der Waals surface area (Å²) in [5.41, 5.74) is 2.18. The SMILES string of the molecule is CC1(C)Cc2c(sc3nc(C(=O)NSCCCN4CCOCC4)cn23)C1(C)C. The molecule has 1 fully saturated rings. The molecule has 2 aromatic rings. The van der Waals surface area contributed by atoms with Gasteiger partial charge in [0.1, 0.15) is 5.69 Å². The summed E-state index contributed by atoms with van der Waals surface area (Å²) in [7, 11) is 0. The van der Waals surface area contributed by atoms with Crippen LogP contribution in [0, 0.1) is 5.41 Å². The molecule has 0 atom stereocenters. The van der Waals surface area contributed by atoms with Gasteiger partial charge in [-0.2, -0.15) is 0 Å². The predicted octanol–water partition coefficient (Wildman–Crippen LogP) is 3.36. The first-order valence-corrected chi connectivity index (χ1v) is 11.8. The Hall–Kier alpha value is -1.09. The lowest BCUT2D eigenvalue weighted by Gasteiger charge is -2.34. The van der Waals surface area contributed by atoms with Gasteiger partial charge in [0, 0.05) is 41.0 Å². The zero-order chi connectivity index (χ0) is 19.9. The molecule has 154 valence electrons. The zero-order valence-electron chi connectivity index (χ0n) is 17.2. The van der Waals surface area contributed by atoms with Gasteiger partial charge in [0.2, 0.25) is 0 Å². The van der Waals surface area contributed by atoms with Crippen LogP contribution in [0.3, 0.4) is 0 Å². The fraction of sp³-hybridized carbons (Fsp3) is 0.700. The largest absolute Gasteiger partial charge is 0.379 e. The van der Waals surface area contributed by atoms with E-state index in [2.05, 4.69) is 46.7 Å². The number of nitrogens with one attached hydrogen (secondary N) is 1. The zero-order valence-corrected chi connectivity index (χ0v) is 18.8. The summed E-state index contributed by atoms with van der Waals surface area (Å²) in [6.45, 7) is 14.0. The normalized spacial score (nSPS) is 21.1. The van der Waals surface area contributed by atoms with Crippen molar-refractivity contribution in [2.24, 2.45) is 5.41 Å². The minimum Gasteiger partial charge on any atom is -0.379 e. The fourth-order valence-electron chi connectivity index (χ4n) is 3.95.